The number of halogens is 1. The van der Waals surface area contributed by atoms with Gasteiger partial charge in [-0.1, -0.05) is 12.0 Å². The van der Waals surface area contributed by atoms with E-state index in [4.69, 9.17) is 14.5 Å². The number of fused-ring (bicyclic) bond motifs is 1. The van der Waals surface area contributed by atoms with Gasteiger partial charge in [-0.2, -0.15) is 5.82 Å². The van der Waals surface area contributed by atoms with Crippen molar-refractivity contribution in [1.29, 1.82) is 0 Å². The van der Waals surface area contributed by atoms with Crippen molar-refractivity contribution in [2.75, 3.05) is 6.79 Å². The van der Waals surface area contributed by atoms with Gasteiger partial charge in [0.2, 0.25) is 0 Å². The molecule has 0 amide bonds. The third kappa shape index (κ3) is 3.87. The van der Waals surface area contributed by atoms with Gasteiger partial charge < -0.3 is 14.5 Å². The monoisotopic (exact) mass is 322 g/mol. The van der Waals surface area contributed by atoms with Crippen molar-refractivity contribution >= 4 is 26.4 Å². The summed E-state index contributed by atoms with van der Waals surface area (Å²) < 4.78 is 33.9. The van der Waals surface area contributed by atoms with Crippen LogP contribution in [-0.2, 0) is 9.09 Å². The van der Waals surface area contributed by atoms with Gasteiger partial charge in [0.15, 0.2) is 14.6 Å². The molecule has 0 aromatic heterocycles. The third-order valence-electron chi connectivity index (χ3n) is 2.93. The molecule has 0 bridgehead atoms. The number of ether oxygens (including phenoxy) is 1. The van der Waals surface area contributed by atoms with Crippen LogP contribution in [0.2, 0.25) is 0 Å². The first kappa shape index (κ1) is 16.5. The fourth-order valence-corrected chi connectivity index (χ4v) is 2.30. The minimum Gasteiger partial charge on any atom is -0.467 e. The lowest BCUT2D eigenvalue weighted by molar-refractivity contribution is 0.0830. The van der Waals surface area contributed by atoms with E-state index in [-0.39, 0.29) is 0 Å². The number of aryl methyl sites for hydroxylation is 1. The molecular formula is C14H13BFO5P. The zero-order valence-corrected chi connectivity index (χ0v) is 12.9. The standard InChI is InChI=1S/C14H13BFO5P/c1-9-6-11(20-8-21-22(17,18)19)7-10-2-3-13(16)12(4-5-15)14(9)10/h2-3,6-7H,8,15H2,1H3,(H2,17,18,19). The fourth-order valence-electron chi connectivity index (χ4n) is 2.11. The van der Waals surface area contributed by atoms with E-state index in [9.17, 15) is 8.96 Å². The van der Waals surface area contributed by atoms with Gasteiger partial charge in [0.05, 0.1) is 5.56 Å². The lowest BCUT2D eigenvalue weighted by Crippen LogP contribution is -2.01. The molecule has 0 aliphatic heterocycles. The van der Waals surface area contributed by atoms with Gasteiger partial charge in [-0.15, -0.1) is 0 Å². The summed E-state index contributed by atoms with van der Waals surface area (Å²) in [7, 11) is -2.95. The second kappa shape index (κ2) is 6.51. The Kier molecular flexibility index (Phi) is 4.89. The van der Waals surface area contributed by atoms with E-state index in [0.717, 1.165) is 5.56 Å². The van der Waals surface area contributed by atoms with Gasteiger partial charge in [-0.3, -0.25) is 0 Å². The van der Waals surface area contributed by atoms with Crippen LogP contribution in [0, 0.1) is 24.5 Å². The molecule has 0 spiro atoms. The van der Waals surface area contributed by atoms with E-state index in [1.54, 1.807) is 33.0 Å². The first-order valence-electron chi connectivity index (χ1n) is 6.30. The molecule has 22 heavy (non-hydrogen) atoms. The highest BCUT2D eigenvalue weighted by molar-refractivity contribution is 7.46. The molecule has 2 aromatic rings. The SMILES string of the molecule is BC#Cc1c(F)ccc2cc(OCOP(=O)(O)O)cc(C)c12. The second-order valence-electron chi connectivity index (χ2n) is 4.52. The minimum absolute atomic E-state index is 0.315. The van der Waals surface area contributed by atoms with Crippen molar-refractivity contribution in [2.24, 2.45) is 0 Å². The number of phosphoric ester groups is 1. The molecule has 8 heteroatoms. The molecule has 2 aromatic carbocycles. The van der Waals surface area contributed by atoms with Gasteiger partial charge in [-0.25, -0.2) is 13.5 Å². The fraction of sp³-hybridized carbons (Fsp3) is 0.143. The Balaban J connectivity index is 2.39. The van der Waals surface area contributed by atoms with Crippen LogP contribution in [0.4, 0.5) is 4.39 Å². The summed E-state index contributed by atoms with van der Waals surface area (Å²) in [5.41, 5.74) is 1.05. The Bertz CT molecular complexity index is 821. The normalized spacial score (nSPS) is 11.1. The van der Waals surface area contributed by atoms with Crippen LogP contribution in [0.5, 0.6) is 5.75 Å². The zero-order chi connectivity index (χ0) is 16.3. The van der Waals surface area contributed by atoms with Crippen molar-refractivity contribution in [3.8, 4) is 17.5 Å². The van der Waals surface area contributed by atoms with E-state index in [1.807, 2.05) is 0 Å². The van der Waals surface area contributed by atoms with Crippen LogP contribution in [0.15, 0.2) is 24.3 Å². The van der Waals surface area contributed by atoms with E-state index in [1.165, 1.54) is 6.07 Å². The quantitative estimate of drug-likeness (QED) is 0.388. The lowest BCUT2D eigenvalue weighted by atomic mass is 9.98. The molecule has 5 nitrogen and oxygen atoms in total. The number of rotatable bonds is 4. The van der Waals surface area contributed by atoms with E-state index in [0.29, 0.717) is 22.1 Å². The van der Waals surface area contributed by atoms with E-state index >= 15 is 0 Å². The van der Waals surface area contributed by atoms with Crippen LogP contribution >= 0.6 is 7.82 Å². The number of phosphoric acid groups is 1. The zero-order valence-electron chi connectivity index (χ0n) is 12.0. The van der Waals surface area contributed by atoms with Crippen LogP contribution < -0.4 is 4.74 Å². The van der Waals surface area contributed by atoms with Crippen molar-refractivity contribution < 1.29 is 28.0 Å². The molecule has 0 fully saturated rings. The molecule has 114 valence electrons. The average Bonchev–Trinajstić information content (AvgIpc) is 2.40. The van der Waals surface area contributed by atoms with Gasteiger partial charge in [0, 0.05) is 5.39 Å². The first-order chi connectivity index (χ1) is 10.3. The van der Waals surface area contributed by atoms with Gasteiger partial charge >= 0.3 is 7.82 Å². The summed E-state index contributed by atoms with van der Waals surface area (Å²) in [5, 5.41) is 1.39. The molecule has 0 aliphatic carbocycles. The molecule has 0 aliphatic rings. The Morgan fingerprint density at radius 1 is 1.36 bits per heavy atom. The molecule has 0 radical (unpaired) electrons. The van der Waals surface area contributed by atoms with Crippen LogP contribution in [0.3, 0.4) is 0 Å². The van der Waals surface area contributed by atoms with E-state index < -0.39 is 20.4 Å². The number of hydrogen-bond acceptors (Lipinski definition) is 3. The summed E-state index contributed by atoms with van der Waals surface area (Å²) in [5.74, 6) is 5.39. The number of hydrogen-bond donors (Lipinski definition) is 2. The Hall–Kier alpha value is -1.84. The van der Waals surface area contributed by atoms with E-state index in [2.05, 4.69) is 16.3 Å². The molecule has 2 N–H and O–H groups in total. The molecule has 0 unspecified atom stereocenters. The maximum absolute atomic E-state index is 13.9. The van der Waals surface area contributed by atoms with Gasteiger partial charge in [-0.05, 0) is 36.1 Å². The number of benzene rings is 2. The topological polar surface area (TPSA) is 76.0 Å². The highest BCUT2D eigenvalue weighted by Gasteiger charge is 2.14. The highest BCUT2D eigenvalue weighted by atomic mass is 31.2. The first-order valence-corrected chi connectivity index (χ1v) is 7.83. The molecule has 0 saturated heterocycles. The summed E-state index contributed by atoms with van der Waals surface area (Å²) in [4.78, 5) is 17.2. The van der Waals surface area contributed by atoms with Crippen LogP contribution in [0.1, 0.15) is 11.1 Å². The van der Waals surface area contributed by atoms with Crippen molar-refractivity contribution in [3.63, 3.8) is 0 Å². The minimum atomic E-state index is -4.58. The van der Waals surface area contributed by atoms with Crippen LogP contribution in [0.25, 0.3) is 10.8 Å². The summed E-state index contributed by atoms with van der Waals surface area (Å²) in [6.45, 7) is 1.19. The maximum Gasteiger partial charge on any atom is 0.472 e. The lowest BCUT2D eigenvalue weighted by Gasteiger charge is -2.11. The highest BCUT2D eigenvalue weighted by Crippen LogP contribution is 2.36. The largest absolute Gasteiger partial charge is 0.472 e. The van der Waals surface area contributed by atoms with Gasteiger partial charge in [0.1, 0.15) is 11.6 Å². The molecule has 2 rings (SSSR count). The molecule has 0 heterocycles. The Morgan fingerprint density at radius 3 is 2.73 bits per heavy atom. The average molecular weight is 322 g/mol. The summed E-state index contributed by atoms with van der Waals surface area (Å²) >= 11 is 0. The molecular weight excluding hydrogens is 309 g/mol. The van der Waals surface area contributed by atoms with Crippen molar-refractivity contribution in [3.05, 3.63) is 41.2 Å². The molecule has 0 atom stereocenters. The summed E-state index contributed by atoms with van der Waals surface area (Å²) in [6, 6.07) is 6.17. The second-order valence-corrected chi connectivity index (χ2v) is 5.76. The van der Waals surface area contributed by atoms with Crippen LogP contribution in [-0.4, -0.2) is 24.4 Å². The predicted octanol–water partition coefficient (Wildman–Crippen LogP) is 1.68. The van der Waals surface area contributed by atoms with Gasteiger partial charge in [0.25, 0.3) is 0 Å². The Labute approximate surface area is 127 Å². The smallest absolute Gasteiger partial charge is 0.467 e. The van der Waals surface area contributed by atoms with Crippen molar-refractivity contribution in [2.45, 2.75) is 6.92 Å². The third-order valence-corrected chi connectivity index (χ3v) is 3.38. The van der Waals surface area contributed by atoms with Crippen molar-refractivity contribution in [1.82, 2.24) is 0 Å². The summed E-state index contributed by atoms with van der Waals surface area (Å²) in [6.07, 6.45) is 0. The Morgan fingerprint density at radius 2 is 2.09 bits per heavy atom. The predicted molar refractivity (Wildman–Crippen MR) is 82.7 cm³/mol. The molecule has 0 saturated carbocycles. The maximum atomic E-state index is 13.9.